The van der Waals surface area contributed by atoms with Gasteiger partial charge in [-0.3, -0.25) is 0 Å². The van der Waals surface area contributed by atoms with Crippen molar-refractivity contribution in [3.8, 4) is 0 Å². The number of fused-ring (bicyclic) bond motifs is 5. The van der Waals surface area contributed by atoms with Crippen LogP contribution in [-0.4, -0.2) is 4.98 Å². The lowest BCUT2D eigenvalue weighted by Crippen LogP contribution is -1.86. The topological polar surface area (TPSA) is 15.8 Å². The van der Waals surface area contributed by atoms with Crippen LogP contribution >= 0.6 is 0 Å². The van der Waals surface area contributed by atoms with Gasteiger partial charge in [-0.15, -0.1) is 0 Å². The second kappa shape index (κ2) is 2.54. The summed E-state index contributed by atoms with van der Waals surface area (Å²) >= 11 is 0. The number of aromatic amines is 1. The monoisotopic (exact) mass is 195 g/mol. The van der Waals surface area contributed by atoms with E-state index in [9.17, 15) is 0 Å². The van der Waals surface area contributed by atoms with Crippen LogP contribution in [0.2, 0.25) is 0 Å². The number of aromatic nitrogens is 1. The molecular weight excluding hydrogens is 182 g/mol. The molecule has 0 radical (unpaired) electrons. The molecule has 1 fully saturated rings. The van der Waals surface area contributed by atoms with Crippen LogP contribution in [0.5, 0.6) is 0 Å². The Labute approximate surface area is 88.8 Å². The van der Waals surface area contributed by atoms with Gasteiger partial charge in [-0.25, -0.2) is 0 Å². The number of nitrogens with one attached hydrogen (secondary N) is 1. The van der Waals surface area contributed by atoms with Crippen molar-refractivity contribution in [2.24, 2.45) is 5.92 Å². The quantitative estimate of drug-likeness (QED) is 0.620. The summed E-state index contributed by atoms with van der Waals surface area (Å²) in [5, 5.41) is 1.45. The molecule has 1 heterocycles. The van der Waals surface area contributed by atoms with E-state index in [4.69, 9.17) is 0 Å². The Morgan fingerprint density at radius 1 is 1.20 bits per heavy atom. The molecule has 1 aromatic heterocycles. The molecule has 1 aromatic carbocycles. The van der Waals surface area contributed by atoms with Crippen LogP contribution in [0.3, 0.4) is 0 Å². The van der Waals surface area contributed by atoms with Gasteiger partial charge in [0.25, 0.3) is 0 Å². The average molecular weight is 195 g/mol. The zero-order valence-corrected chi connectivity index (χ0v) is 8.53. The highest BCUT2D eigenvalue weighted by Gasteiger charge is 2.40. The molecule has 0 aliphatic heterocycles. The highest BCUT2D eigenvalue weighted by Crippen LogP contribution is 2.52. The molecule has 1 N–H and O–H groups in total. The number of hydrogen-bond donors (Lipinski definition) is 1. The van der Waals surface area contributed by atoms with Crippen LogP contribution in [0.15, 0.2) is 36.4 Å². The van der Waals surface area contributed by atoms with E-state index in [0.717, 1.165) is 18.3 Å². The highest BCUT2D eigenvalue weighted by molar-refractivity contribution is 5.86. The molecule has 0 bridgehead atoms. The van der Waals surface area contributed by atoms with Crippen molar-refractivity contribution in [2.45, 2.75) is 18.8 Å². The van der Waals surface area contributed by atoms with Gasteiger partial charge in [0.1, 0.15) is 0 Å². The lowest BCUT2D eigenvalue weighted by Gasteiger charge is -1.98. The van der Waals surface area contributed by atoms with Gasteiger partial charge in [0.05, 0.1) is 0 Å². The van der Waals surface area contributed by atoms with Gasteiger partial charge in [-0.05, 0) is 29.9 Å². The third-order valence-corrected chi connectivity index (χ3v) is 3.74. The van der Waals surface area contributed by atoms with Crippen molar-refractivity contribution in [1.29, 1.82) is 0 Å². The second-order valence-corrected chi connectivity index (χ2v) is 4.70. The molecule has 1 heteroatoms. The number of H-pyrrole nitrogens is 1. The average Bonchev–Trinajstić information content (AvgIpc) is 2.93. The van der Waals surface area contributed by atoms with E-state index in [2.05, 4.69) is 41.4 Å². The van der Waals surface area contributed by atoms with Gasteiger partial charge < -0.3 is 4.98 Å². The molecule has 0 saturated heterocycles. The first-order valence-electron chi connectivity index (χ1n) is 5.69. The fourth-order valence-electron chi connectivity index (χ4n) is 2.92. The van der Waals surface area contributed by atoms with E-state index in [1.165, 1.54) is 23.0 Å². The molecule has 2 aliphatic carbocycles. The van der Waals surface area contributed by atoms with Crippen molar-refractivity contribution in [3.63, 3.8) is 0 Å². The molecule has 4 rings (SSSR count). The van der Waals surface area contributed by atoms with Gasteiger partial charge in [0.2, 0.25) is 0 Å². The van der Waals surface area contributed by atoms with Gasteiger partial charge in [-0.1, -0.05) is 30.4 Å². The molecule has 0 spiro atoms. The van der Waals surface area contributed by atoms with Crippen LogP contribution in [0, 0.1) is 5.92 Å². The van der Waals surface area contributed by atoms with Crippen molar-refractivity contribution >= 4 is 10.9 Å². The van der Waals surface area contributed by atoms with E-state index >= 15 is 0 Å². The Morgan fingerprint density at radius 3 is 3.13 bits per heavy atom. The number of allylic oxidation sites excluding steroid dienone is 2. The van der Waals surface area contributed by atoms with Crippen molar-refractivity contribution in [2.75, 3.05) is 0 Å². The summed E-state index contributed by atoms with van der Waals surface area (Å²) in [5.41, 5.74) is 4.35. The largest absolute Gasteiger partial charge is 0.358 e. The summed E-state index contributed by atoms with van der Waals surface area (Å²) in [6, 6.07) is 8.70. The van der Waals surface area contributed by atoms with Crippen molar-refractivity contribution < 1.29 is 0 Å². The smallest absolute Gasteiger partial charge is 0.0459 e. The summed E-state index contributed by atoms with van der Waals surface area (Å²) in [6.07, 6.45) is 7.15. The van der Waals surface area contributed by atoms with Gasteiger partial charge in [-0.2, -0.15) is 0 Å². The summed E-state index contributed by atoms with van der Waals surface area (Å²) in [5.74, 6) is 1.63. The van der Waals surface area contributed by atoms with Gasteiger partial charge >= 0.3 is 0 Å². The van der Waals surface area contributed by atoms with E-state index in [0.29, 0.717) is 0 Å². The Kier molecular flexibility index (Phi) is 1.31. The fourth-order valence-corrected chi connectivity index (χ4v) is 2.92. The minimum absolute atomic E-state index is 0.801. The molecule has 2 aliphatic rings. The minimum Gasteiger partial charge on any atom is -0.358 e. The number of para-hydroxylation sites is 1. The number of benzene rings is 1. The first kappa shape index (κ1) is 7.75. The summed E-state index contributed by atoms with van der Waals surface area (Å²) < 4.78 is 0. The predicted octanol–water partition coefficient (Wildman–Crippen LogP) is 3.38. The van der Waals surface area contributed by atoms with Crippen LogP contribution in [-0.2, 0) is 6.42 Å². The van der Waals surface area contributed by atoms with E-state index in [1.54, 1.807) is 5.56 Å². The maximum Gasteiger partial charge on any atom is 0.0459 e. The molecule has 15 heavy (non-hydrogen) atoms. The molecule has 2 aromatic rings. The van der Waals surface area contributed by atoms with Crippen molar-refractivity contribution in [3.05, 3.63) is 47.7 Å². The summed E-state index contributed by atoms with van der Waals surface area (Å²) in [7, 11) is 0. The molecule has 2 atom stereocenters. The van der Waals surface area contributed by atoms with E-state index in [1.807, 2.05) is 0 Å². The third-order valence-electron chi connectivity index (χ3n) is 3.74. The zero-order chi connectivity index (χ0) is 9.83. The van der Waals surface area contributed by atoms with Crippen LogP contribution in [0.25, 0.3) is 10.9 Å². The van der Waals surface area contributed by atoms with Crippen LogP contribution in [0.4, 0.5) is 0 Å². The summed E-state index contributed by atoms with van der Waals surface area (Å²) in [6.45, 7) is 0. The highest BCUT2D eigenvalue weighted by atomic mass is 14.7. The maximum absolute atomic E-state index is 3.56. The fraction of sp³-hybridized carbons (Fsp3) is 0.286. The van der Waals surface area contributed by atoms with E-state index < -0.39 is 0 Å². The van der Waals surface area contributed by atoms with E-state index in [-0.39, 0.29) is 0 Å². The van der Waals surface area contributed by atoms with Gasteiger partial charge in [0.15, 0.2) is 0 Å². The lowest BCUT2D eigenvalue weighted by molar-refractivity contribution is 1.02. The SMILES string of the molecule is C1=CC2CC2c2c([nH]c3ccccc23)C1. The minimum atomic E-state index is 0.801. The molecule has 2 unspecified atom stereocenters. The molecule has 74 valence electrons. The third kappa shape index (κ3) is 0.980. The second-order valence-electron chi connectivity index (χ2n) is 4.70. The maximum atomic E-state index is 3.56. The zero-order valence-electron chi connectivity index (χ0n) is 8.53. The normalized spacial score (nSPS) is 27.2. The van der Waals surface area contributed by atoms with Crippen LogP contribution in [0.1, 0.15) is 23.6 Å². The predicted molar refractivity (Wildman–Crippen MR) is 62.0 cm³/mol. The first-order valence-corrected chi connectivity index (χ1v) is 5.69. The molecule has 1 saturated carbocycles. The Hall–Kier alpha value is -1.50. The van der Waals surface area contributed by atoms with Crippen molar-refractivity contribution in [1.82, 2.24) is 4.98 Å². The lowest BCUT2D eigenvalue weighted by atomic mass is 10.0. The summed E-state index contributed by atoms with van der Waals surface area (Å²) in [4.78, 5) is 3.56. The molecule has 1 nitrogen and oxygen atoms in total. The van der Waals surface area contributed by atoms with Gasteiger partial charge in [0, 0.05) is 23.0 Å². The van der Waals surface area contributed by atoms with Crippen LogP contribution < -0.4 is 0 Å². The standard InChI is InChI=1S/C14H13N/c1-2-6-12-10(5-1)14-11-8-9(11)4-3-7-13(14)15-12/h1-6,9,11,15H,7-8H2. The number of rotatable bonds is 0. The Balaban J connectivity index is 2.06. The first-order chi connectivity index (χ1) is 7.43. The number of hydrogen-bond acceptors (Lipinski definition) is 0. The Bertz CT molecular complexity index is 562. The Morgan fingerprint density at radius 2 is 2.13 bits per heavy atom. The molecular formula is C14H13N. The molecule has 0 amide bonds.